The zero-order valence-corrected chi connectivity index (χ0v) is 18.5. The first-order chi connectivity index (χ1) is 16.6. The Hall–Kier alpha value is -3.46. The number of carbonyl (C=O) groups is 1. The number of hydrogen-bond donors (Lipinski definition) is 1. The van der Waals surface area contributed by atoms with Gasteiger partial charge in [0.2, 0.25) is 6.41 Å². The van der Waals surface area contributed by atoms with Gasteiger partial charge in [-0.3, -0.25) is 9.78 Å². The van der Waals surface area contributed by atoms with Crippen molar-refractivity contribution < 1.29 is 18.3 Å². The molecule has 1 amide bonds. The Balaban J connectivity index is 1.30. The van der Waals surface area contributed by atoms with E-state index in [-0.39, 0.29) is 24.6 Å². The average Bonchev–Trinajstić information content (AvgIpc) is 3.37. The van der Waals surface area contributed by atoms with Crippen molar-refractivity contribution in [3.05, 3.63) is 66.2 Å². The number of alkyl halides is 1. The minimum absolute atomic E-state index is 0.0251. The molecule has 0 spiro atoms. The molecule has 2 fully saturated rings. The molecule has 3 aromatic rings. The van der Waals surface area contributed by atoms with Gasteiger partial charge in [-0.1, -0.05) is 12.1 Å². The minimum atomic E-state index is -0.967. The largest absolute Gasteiger partial charge is 0.379 e. The van der Waals surface area contributed by atoms with Crippen molar-refractivity contribution in [1.29, 1.82) is 0 Å². The van der Waals surface area contributed by atoms with Crippen LogP contribution in [0.5, 0.6) is 0 Å². The van der Waals surface area contributed by atoms with Crippen LogP contribution < -0.4 is 10.2 Å². The van der Waals surface area contributed by atoms with Gasteiger partial charge in [-0.15, -0.1) is 10.2 Å². The van der Waals surface area contributed by atoms with Gasteiger partial charge in [-0.25, -0.2) is 8.78 Å². The maximum Gasteiger partial charge on any atom is 0.214 e. The first-order valence-electron chi connectivity index (χ1n) is 11.3. The Morgan fingerprint density at radius 1 is 1.18 bits per heavy atom. The van der Waals surface area contributed by atoms with E-state index >= 15 is 0 Å². The van der Waals surface area contributed by atoms with Crippen molar-refractivity contribution >= 4 is 17.9 Å². The van der Waals surface area contributed by atoms with Gasteiger partial charge in [0.25, 0.3) is 0 Å². The molecule has 5 rings (SSSR count). The number of ether oxygens (including phenoxy) is 1. The Morgan fingerprint density at radius 2 is 2.06 bits per heavy atom. The second kappa shape index (κ2) is 9.42. The molecule has 1 saturated heterocycles. The van der Waals surface area contributed by atoms with Crippen LogP contribution in [0.15, 0.2) is 54.7 Å². The third-order valence-electron chi connectivity index (χ3n) is 6.61. The minimum Gasteiger partial charge on any atom is -0.379 e. The zero-order chi connectivity index (χ0) is 23.5. The van der Waals surface area contributed by atoms with Crippen molar-refractivity contribution in [2.45, 2.75) is 36.9 Å². The molecule has 7 nitrogen and oxygen atoms in total. The summed E-state index contributed by atoms with van der Waals surface area (Å²) >= 11 is 0. The molecule has 0 bridgehead atoms. The molecule has 34 heavy (non-hydrogen) atoms. The van der Waals surface area contributed by atoms with E-state index in [4.69, 9.17) is 4.74 Å². The van der Waals surface area contributed by atoms with Crippen LogP contribution in [0.1, 0.15) is 25.0 Å². The number of nitrogens with zero attached hydrogens (tertiary/aromatic N) is 4. The summed E-state index contributed by atoms with van der Waals surface area (Å²) < 4.78 is 33.5. The van der Waals surface area contributed by atoms with Gasteiger partial charge in [0.15, 0.2) is 0 Å². The molecular formula is C25H25F2N5O2. The molecule has 1 saturated carbocycles. The summed E-state index contributed by atoms with van der Waals surface area (Å²) in [5.41, 5.74) is 1.83. The maximum atomic E-state index is 14.3. The number of nitrogens with one attached hydrogen (secondary N) is 1. The molecule has 176 valence electrons. The molecule has 0 unspecified atom stereocenters. The number of benzene rings is 1. The number of anilines is 2. The SMILES string of the molecule is O=CN(c1cccc(-c2ccc(NCC3(c4ncccc4F)CC(F)C3)nn2)c1)[C@@H]1CCOC1. The third kappa shape index (κ3) is 4.35. The first kappa shape index (κ1) is 22.3. The molecule has 1 atom stereocenters. The second-order valence-electron chi connectivity index (χ2n) is 8.86. The fourth-order valence-corrected chi connectivity index (χ4v) is 4.75. The number of carbonyl (C=O) groups excluding carboxylic acids is 1. The van der Waals surface area contributed by atoms with Crippen molar-refractivity contribution in [2.24, 2.45) is 0 Å². The van der Waals surface area contributed by atoms with Crippen LogP contribution in [0, 0.1) is 5.82 Å². The van der Waals surface area contributed by atoms with Gasteiger partial charge >= 0.3 is 0 Å². The Labute approximate surface area is 196 Å². The second-order valence-corrected chi connectivity index (χ2v) is 8.86. The fourth-order valence-electron chi connectivity index (χ4n) is 4.75. The van der Waals surface area contributed by atoms with Crippen LogP contribution in [0.2, 0.25) is 0 Å². The molecule has 9 heteroatoms. The molecule has 3 heterocycles. The highest BCUT2D eigenvalue weighted by Gasteiger charge is 2.48. The van der Waals surface area contributed by atoms with Crippen molar-refractivity contribution in [2.75, 3.05) is 30.0 Å². The van der Waals surface area contributed by atoms with Crippen molar-refractivity contribution in [1.82, 2.24) is 15.2 Å². The average molecular weight is 466 g/mol. The number of halogens is 2. The lowest BCUT2D eigenvalue weighted by molar-refractivity contribution is -0.107. The number of rotatable bonds is 8. The van der Waals surface area contributed by atoms with Crippen LogP contribution in [0.3, 0.4) is 0 Å². The smallest absolute Gasteiger partial charge is 0.214 e. The summed E-state index contributed by atoms with van der Waals surface area (Å²) in [5, 5.41) is 11.7. The molecule has 1 aliphatic carbocycles. The molecule has 2 aromatic heterocycles. The third-order valence-corrected chi connectivity index (χ3v) is 6.61. The normalized spacial score (nSPS) is 23.8. The molecule has 2 aliphatic rings. The Kier molecular flexibility index (Phi) is 6.19. The highest BCUT2D eigenvalue weighted by molar-refractivity contribution is 5.79. The van der Waals surface area contributed by atoms with Gasteiger partial charge < -0.3 is 15.0 Å². The first-order valence-corrected chi connectivity index (χ1v) is 11.3. The van der Waals surface area contributed by atoms with Crippen LogP contribution in [-0.4, -0.2) is 53.6 Å². The van der Waals surface area contributed by atoms with Crippen molar-refractivity contribution in [3.8, 4) is 11.3 Å². The van der Waals surface area contributed by atoms with Gasteiger partial charge in [0.05, 0.1) is 24.0 Å². The maximum absolute atomic E-state index is 14.3. The van der Waals surface area contributed by atoms with Gasteiger partial charge in [0, 0.05) is 36.0 Å². The van der Waals surface area contributed by atoms with E-state index in [1.807, 2.05) is 30.3 Å². The van der Waals surface area contributed by atoms with Crippen LogP contribution in [0.25, 0.3) is 11.3 Å². The monoisotopic (exact) mass is 465 g/mol. The van der Waals surface area contributed by atoms with E-state index in [2.05, 4.69) is 20.5 Å². The van der Waals surface area contributed by atoms with Crippen molar-refractivity contribution in [3.63, 3.8) is 0 Å². The lowest BCUT2D eigenvalue weighted by atomic mass is 9.65. The van der Waals surface area contributed by atoms with Crippen LogP contribution in [-0.2, 0) is 14.9 Å². The number of aromatic nitrogens is 3. The highest BCUT2D eigenvalue weighted by atomic mass is 19.1. The highest BCUT2D eigenvalue weighted by Crippen LogP contribution is 2.45. The van der Waals surface area contributed by atoms with E-state index in [0.717, 1.165) is 24.1 Å². The Bertz CT molecular complexity index is 1150. The van der Waals surface area contributed by atoms with Gasteiger partial charge in [0.1, 0.15) is 17.8 Å². The number of amides is 1. The quantitative estimate of drug-likeness (QED) is 0.508. The van der Waals surface area contributed by atoms with Gasteiger partial charge in [-0.05, 0) is 55.7 Å². The standard InChI is InChI=1S/C25H25F2N5O2/c26-18-12-25(13-18,24-21(27)5-2-9-28-24)15-29-23-7-6-22(30-31-23)17-3-1-4-19(11-17)32(16-33)20-8-10-34-14-20/h1-7,9,11,16,18,20H,8,10,12-15H2,(H,29,31)/t18?,20-,25?/m1/s1. The number of pyridine rings is 1. The predicted molar refractivity (Wildman–Crippen MR) is 124 cm³/mol. The molecule has 1 N–H and O–H groups in total. The summed E-state index contributed by atoms with van der Waals surface area (Å²) in [7, 11) is 0. The van der Waals surface area contributed by atoms with E-state index < -0.39 is 17.4 Å². The van der Waals surface area contributed by atoms with E-state index in [0.29, 0.717) is 31.3 Å². The molecule has 1 aliphatic heterocycles. The van der Waals surface area contributed by atoms with Crippen LogP contribution >= 0.6 is 0 Å². The predicted octanol–water partition coefficient (Wildman–Crippen LogP) is 3.91. The van der Waals surface area contributed by atoms with E-state index in [9.17, 15) is 13.6 Å². The molecular weight excluding hydrogens is 440 g/mol. The zero-order valence-electron chi connectivity index (χ0n) is 18.5. The lowest BCUT2D eigenvalue weighted by Crippen LogP contribution is -2.49. The Morgan fingerprint density at radius 3 is 2.74 bits per heavy atom. The van der Waals surface area contributed by atoms with E-state index in [1.165, 1.54) is 18.3 Å². The van der Waals surface area contributed by atoms with Crippen LogP contribution in [0.4, 0.5) is 20.3 Å². The lowest BCUT2D eigenvalue weighted by Gasteiger charge is -2.44. The topological polar surface area (TPSA) is 80.2 Å². The summed E-state index contributed by atoms with van der Waals surface area (Å²) in [6, 6.07) is 14.1. The summed E-state index contributed by atoms with van der Waals surface area (Å²) in [6.45, 7) is 1.48. The molecule has 0 radical (unpaired) electrons. The molecule has 1 aromatic carbocycles. The fraction of sp³-hybridized carbons (Fsp3) is 0.360. The summed E-state index contributed by atoms with van der Waals surface area (Å²) in [5.74, 6) is 0.0848. The number of hydrogen-bond acceptors (Lipinski definition) is 6. The summed E-state index contributed by atoms with van der Waals surface area (Å²) in [6.07, 6.45) is 2.62. The van der Waals surface area contributed by atoms with E-state index in [1.54, 1.807) is 11.0 Å². The summed E-state index contributed by atoms with van der Waals surface area (Å²) in [4.78, 5) is 17.6. The van der Waals surface area contributed by atoms with Gasteiger partial charge in [-0.2, -0.15) is 0 Å².